The summed E-state index contributed by atoms with van der Waals surface area (Å²) in [5.41, 5.74) is 3.12. The summed E-state index contributed by atoms with van der Waals surface area (Å²) < 4.78 is 11.8. The molecule has 0 saturated heterocycles. The van der Waals surface area contributed by atoms with Crippen LogP contribution in [0.25, 0.3) is 22.4 Å². The van der Waals surface area contributed by atoms with E-state index in [9.17, 15) is 9.59 Å². The number of nitrogens with zero attached hydrogens (tertiary/aromatic N) is 3. The molecule has 152 valence electrons. The van der Waals surface area contributed by atoms with Crippen molar-refractivity contribution in [2.45, 2.75) is 19.9 Å². The number of rotatable bonds is 6. The van der Waals surface area contributed by atoms with Crippen molar-refractivity contribution in [3.63, 3.8) is 0 Å². The van der Waals surface area contributed by atoms with Crippen LogP contribution in [0.2, 0.25) is 0 Å². The molecule has 2 heterocycles. The van der Waals surface area contributed by atoms with E-state index in [1.165, 1.54) is 18.0 Å². The third kappa shape index (κ3) is 3.80. The van der Waals surface area contributed by atoms with Gasteiger partial charge in [-0.1, -0.05) is 47.1 Å². The molecule has 0 fully saturated rings. The van der Waals surface area contributed by atoms with Crippen LogP contribution in [0.5, 0.6) is 5.75 Å². The molecule has 0 aliphatic heterocycles. The van der Waals surface area contributed by atoms with E-state index in [1.807, 2.05) is 37.3 Å². The maximum atomic E-state index is 12.7. The lowest BCUT2D eigenvalue weighted by molar-refractivity contribution is -0.116. The standard InChI is InChI=1S/C22H20N4O4/c1-14-7-9-15(10-8-14)19-20-21(30-25-19)22(28)26(13-23-20)12-11-18(27)24-16-5-3-4-6-17(16)29-2/h3-10,13H,11-12H2,1-2H3,(H,24,27). The summed E-state index contributed by atoms with van der Waals surface area (Å²) in [6.07, 6.45) is 1.50. The van der Waals surface area contributed by atoms with Crippen LogP contribution in [0.3, 0.4) is 0 Å². The van der Waals surface area contributed by atoms with Gasteiger partial charge in [0.1, 0.15) is 17.0 Å². The van der Waals surface area contributed by atoms with Crippen molar-refractivity contribution in [1.82, 2.24) is 14.7 Å². The lowest BCUT2D eigenvalue weighted by Crippen LogP contribution is -2.23. The molecule has 8 heteroatoms. The Kier molecular flexibility index (Phi) is 5.30. The highest BCUT2D eigenvalue weighted by Crippen LogP contribution is 2.25. The number of ether oxygens (including phenoxy) is 1. The lowest BCUT2D eigenvalue weighted by Gasteiger charge is -2.10. The minimum Gasteiger partial charge on any atom is -0.495 e. The van der Waals surface area contributed by atoms with Crippen molar-refractivity contribution in [1.29, 1.82) is 0 Å². The number of nitrogens with one attached hydrogen (secondary N) is 1. The SMILES string of the molecule is COc1ccccc1NC(=O)CCn1cnc2c(-c3ccc(C)cc3)noc2c1=O. The molecular weight excluding hydrogens is 384 g/mol. The summed E-state index contributed by atoms with van der Waals surface area (Å²) in [7, 11) is 1.54. The molecule has 4 aromatic rings. The van der Waals surface area contributed by atoms with Crippen LogP contribution in [-0.2, 0) is 11.3 Å². The molecule has 0 radical (unpaired) electrons. The maximum Gasteiger partial charge on any atom is 0.299 e. The minimum atomic E-state index is -0.379. The van der Waals surface area contributed by atoms with Crippen LogP contribution in [0, 0.1) is 6.92 Å². The molecule has 1 amide bonds. The number of carbonyl (C=O) groups is 1. The first-order valence-electron chi connectivity index (χ1n) is 9.41. The monoisotopic (exact) mass is 404 g/mol. The van der Waals surface area contributed by atoms with Gasteiger partial charge in [-0.2, -0.15) is 0 Å². The lowest BCUT2D eigenvalue weighted by atomic mass is 10.1. The van der Waals surface area contributed by atoms with Gasteiger partial charge < -0.3 is 14.6 Å². The van der Waals surface area contributed by atoms with E-state index in [4.69, 9.17) is 9.26 Å². The van der Waals surface area contributed by atoms with Gasteiger partial charge in [0.15, 0.2) is 0 Å². The number of carbonyl (C=O) groups excluding carboxylic acids is 1. The van der Waals surface area contributed by atoms with Crippen molar-refractivity contribution in [3.05, 3.63) is 70.8 Å². The van der Waals surface area contributed by atoms with Crippen molar-refractivity contribution in [2.75, 3.05) is 12.4 Å². The predicted octanol–water partition coefficient (Wildman–Crippen LogP) is 3.40. The van der Waals surface area contributed by atoms with Crippen molar-refractivity contribution < 1.29 is 14.1 Å². The second kappa shape index (κ2) is 8.20. The summed E-state index contributed by atoms with van der Waals surface area (Å²) in [5, 5.41) is 6.81. The fourth-order valence-electron chi connectivity index (χ4n) is 3.10. The van der Waals surface area contributed by atoms with E-state index in [0.717, 1.165) is 11.1 Å². The Labute approximate surface area is 172 Å². The highest BCUT2D eigenvalue weighted by molar-refractivity contribution is 5.92. The van der Waals surface area contributed by atoms with Gasteiger partial charge in [0.2, 0.25) is 5.91 Å². The van der Waals surface area contributed by atoms with E-state index < -0.39 is 0 Å². The number of aryl methyl sites for hydroxylation is 2. The summed E-state index contributed by atoms with van der Waals surface area (Å²) in [4.78, 5) is 29.4. The quantitative estimate of drug-likeness (QED) is 0.529. The van der Waals surface area contributed by atoms with E-state index in [2.05, 4.69) is 15.5 Å². The van der Waals surface area contributed by atoms with Crippen LogP contribution in [0.4, 0.5) is 5.69 Å². The number of hydrogen-bond donors (Lipinski definition) is 1. The molecule has 0 aliphatic rings. The van der Waals surface area contributed by atoms with E-state index in [-0.39, 0.29) is 30.0 Å². The first kappa shape index (κ1) is 19.4. The fraction of sp³-hybridized carbons (Fsp3) is 0.182. The van der Waals surface area contributed by atoms with E-state index in [0.29, 0.717) is 22.6 Å². The van der Waals surface area contributed by atoms with Gasteiger partial charge in [-0.15, -0.1) is 0 Å². The molecule has 0 aliphatic carbocycles. The van der Waals surface area contributed by atoms with Gasteiger partial charge in [-0.3, -0.25) is 14.2 Å². The van der Waals surface area contributed by atoms with Gasteiger partial charge in [-0.25, -0.2) is 4.98 Å². The van der Waals surface area contributed by atoms with E-state index in [1.54, 1.807) is 18.2 Å². The fourth-order valence-corrected chi connectivity index (χ4v) is 3.10. The number of fused-ring (bicyclic) bond motifs is 1. The van der Waals surface area contributed by atoms with Gasteiger partial charge in [-0.05, 0) is 19.1 Å². The average Bonchev–Trinajstić information content (AvgIpc) is 3.19. The normalized spacial score (nSPS) is 10.9. The zero-order chi connectivity index (χ0) is 21.1. The number of anilines is 1. The molecule has 8 nitrogen and oxygen atoms in total. The number of para-hydroxylation sites is 2. The molecule has 4 rings (SSSR count). The smallest absolute Gasteiger partial charge is 0.299 e. The largest absolute Gasteiger partial charge is 0.495 e. The summed E-state index contributed by atoms with van der Waals surface area (Å²) in [5.74, 6) is 0.320. The van der Waals surface area contributed by atoms with Crippen LogP contribution in [0.1, 0.15) is 12.0 Å². The zero-order valence-corrected chi connectivity index (χ0v) is 16.6. The molecule has 0 bridgehead atoms. The average molecular weight is 404 g/mol. The Morgan fingerprint density at radius 2 is 1.93 bits per heavy atom. The van der Waals surface area contributed by atoms with Crippen LogP contribution in [0.15, 0.2) is 64.2 Å². The molecule has 2 aromatic heterocycles. The first-order chi connectivity index (χ1) is 14.6. The predicted molar refractivity (Wildman–Crippen MR) is 112 cm³/mol. The van der Waals surface area contributed by atoms with Gasteiger partial charge in [0, 0.05) is 18.5 Å². The number of benzene rings is 2. The second-order valence-corrected chi connectivity index (χ2v) is 6.82. The highest BCUT2D eigenvalue weighted by Gasteiger charge is 2.17. The van der Waals surface area contributed by atoms with Gasteiger partial charge in [0.05, 0.1) is 19.1 Å². The molecule has 2 aromatic carbocycles. The van der Waals surface area contributed by atoms with Gasteiger partial charge in [0.25, 0.3) is 11.1 Å². The number of amides is 1. The Hall–Kier alpha value is -3.94. The Balaban J connectivity index is 1.51. The summed E-state index contributed by atoms with van der Waals surface area (Å²) in [6, 6.07) is 14.8. The molecule has 0 unspecified atom stereocenters. The summed E-state index contributed by atoms with van der Waals surface area (Å²) in [6.45, 7) is 2.15. The number of methoxy groups -OCH3 is 1. The molecule has 30 heavy (non-hydrogen) atoms. The highest BCUT2D eigenvalue weighted by atomic mass is 16.5. The van der Waals surface area contributed by atoms with Crippen LogP contribution >= 0.6 is 0 Å². The third-order valence-electron chi connectivity index (χ3n) is 4.73. The topological polar surface area (TPSA) is 99.2 Å². The Morgan fingerprint density at radius 3 is 2.70 bits per heavy atom. The number of hydrogen-bond acceptors (Lipinski definition) is 6. The van der Waals surface area contributed by atoms with Crippen molar-refractivity contribution in [2.24, 2.45) is 0 Å². The minimum absolute atomic E-state index is 0.0678. The molecule has 0 saturated carbocycles. The molecule has 1 N–H and O–H groups in total. The maximum absolute atomic E-state index is 12.7. The Bertz CT molecular complexity index is 1260. The third-order valence-corrected chi connectivity index (χ3v) is 4.73. The zero-order valence-electron chi connectivity index (χ0n) is 16.6. The van der Waals surface area contributed by atoms with E-state index >= 15 is 0 Å². The molecule has 0 spiro atoms. The Morgan fingerprint density at radius 1 is 1.17 bits per heavy atom. The molecule has 0 atom stereocenters. The summed E-state index contributed by atoms with van der Waals surface area (Å²) >= 11 is 0. The first-order valence-corrected chi connectivity index (χ1v) is 9.41. The van der Waals surface area contributed by atoms with Crippen LogP contribution < -0.4 is 15.6 Å². The van der Waals surface area contributed by atoms with Crippen LogP contribution in [-0.4, -0.2) is 27.7 Å². The number of aromatic nitrogens is 3. The molecular formula is C22H20N4O4. The van der Waals surface area contributed by atoms with Crippen molar-refractivity contribution in [3.8, 4) is 17.0 Å². The van der Waals surface area contributed by atoms with Gasteiger partial charge >= 0.3 is 0 Å². The second-order valence-electron chi connectivity index (χ2n) is 6.82. The van der Waals surface area contributed by atoms with Crippen molar-refractivity contribution >= 4 is 22.7 Å².